The van der Waals surface area contributed by atoms with Crippen molar-refractivity contribution in [3.8, 4) is 0 Å². The van der Waals surface area contributed by atoms with E-state index < -0.39 is 49.9 Å². The number of carbonyl (C=O) groups excluding carboxylic acids is 9. The fourth-order valence-corrected chi connectivity index (χ4v) is 11.3. The number of aliphatic carboxylic acids is 1. The van der Waals surface area contributed by atoms with Crippen LogP contribution in [0.5, 0.6) is 0 Å². The molecule has 9 rings (SSSR count). The summed E-state index contributed by atoms with van der Waals surface area (Å²) in [5, 5.41) is 35.3. The Morgan fingerprint density at radius 1 is 0.547 bits per heavy atom. The minimum atomic E-state index is -3.22. The smallest absolute Gasteiger partial charge is 1.00 e. The van der Waals surface area contributed by atoms with Gasteiger partial charge in [0.2, 0.25) is 9.05 Å². The van der Waals surface area contributed by atoms with Crippen molar-refractivity contribution in [1.29, 1.82) is 5.41 Å². The molecule has 6 aromatic heterocycles. The third kappa shape index (κ3) is 96.9. The zero-order chi connectivity index (χ0) is 111. The van der Waals surface area contributed by atoms with Crippen LogP contribution < -0.4 is 100.0 Å². The molecule has 0 saturated heterocycles. The molecule has 0 spiro atoms. The zero-order valence-electron chi connectivity index (χ0n) is 89.7. The molecule has 0 atom stereocenters. The Morgan fingerprint density at radius 2 is 0.853 bits per heavy atom. The van der Waals surface area contributed by atoms with Gasteiger partial charge in [-0.15, -0.1) is 0 Å². The number of alkyl halides is 2. The molecule has 3 fully saturated rings. The maximum atomic E-state index is 11.8. The van der Waals surface area contributed by atoms with Gasteiger partial charge >= 0.3 is 142 Å². The molecule has 0 amide bonds. The number of aromatic amines is 1. The number of halogens is 7. The molecule has 6 aromatic rings. The molecular weight excluding hydrogens is 2450 g/mol. The number of aliphatic hydroxyl groups excluding tert-OH is 2. The maximum Gasteiger partial charge on any atom is 1.00 e. The van der Waals surface area contributed by atoms with Gasteiger partial charge in [0.15, 0.2) is 36.1 Å². The molecule has 3 saturated carbocycles. The van der Waals surface area contributed by atoms with E-state index in [9.17, 15) is 66.0 Å². The number of carbonyl (C=O) groups is 10. The van der Waals surface area contributed by atoms with Crippen LogP contribution in [-0.2, 0) is 159 Å². The van der Waals surface area contributed by atoms with Crippen molar-refractivity contribution < 1.29 is 235 Å². The minimum Gasteiger partial charge on any atom is -1.00 e. The van der Waals surface area contributed by atoms with Crippen LogP contribution in [-0.4, -0.2) is 311 Å². The minimum absolute atomic E-state index is 0. The number of rotatable bonds is 35. The average Bonchev–Trinajstić information content (AvgIpc) is 1.60. The van der Waals surface area contributed by atoms with Gasteiger partial charge in [-0.2, -0.15) is 0 Å². The van der Waals surface area contributed by atoms with Gasteiger partial charge in [0, 0.05) is 161 Å². The number of H-pyrrole nitrogens is 1. The van der Waals surface area contributed by atoms with E-state index in [0.29, 0.717) is 96.1 Å². The third-order valence-electron chi connectivity index (χ3n) is 16.1. The molecule has 65 heteroatoms. The van der Waals surface area contributed by atoms with Gasteiger partial charge in [-0.05, 0) is 207 Å². The number of hydrogen-bond donors (Lipinski definition) is 6. The molecule has 0 bridgehead atoms. The molecule has 3 aliphatic carbocycles. The first-order valence-corrected chi connectivity index (χ1v) is 61.1. The van der Waals surface area contributed by atoms with Crippen molar-refractivity contribution in [1.82, 2.24) is 59.8 Å². The first-order valence-electron chi connectivity index (χ1n) is 42.8. The molecular formula is C85H133B4Br2Cl5N14Na3O27PS8Zn. The maximum absolute atomic E-state index is 11.8. The van der Waals surface area contributed by atoms with Gasteiger partial charge in [-0.1, -0.05) is 140 Å². The molecule has 0 aliphatic heterocycles. The van der Waals surface area contributed by atoms with Crippen molar-refractivity contribution in [3.05, 3.63) is 123 Å². The molecule has 8 N–H and O–H groups in total. The summed E-state index contributed by atoms with van der Waals surface area (Å²) in [4.78, 5) is 166. The molecule has 0 aromatic carbocycles. The third-order valence-corrected chi connectivity index (χ3v) is 22.2. The molecule has 3 aliphatic rings. The van der Waals surface area contributed by atoms with Gasteiger partial charge in [-0.25, -0.2) is 68.0 Å². The molecule has 6 radical (unpaired) electrons. The fourth-order valence-electron chi connectivity index (χ4n) is 9.13. The zero-order valence-corrected chi connectivity index (χ0v) is 111. The van der Waals surface area contributed by atoms with Crippen molar-refractivity contribution >= 4 is 279 Å². The first-order chi connectivity index (χ1) is 67.8. The Balaban J connectivity index is -0.000000114. The standard InChI is InChI=1S/C11H14N2O2S.C10H14N2S.C9H11ClN2O2S.C9H12N2O3S.C9H12N2O2S.C9H12N2OS.C9H14O5.C8H14O4.C3H6O2.C2H4Br2.C2H6N2S.C2H4O2.CH3ClO2S.CH4.B4.Cl3OP.3Na.H2O.Zn.2H/c1-3-15-9(14)11(4-5-11)8-6-12-10(16-2)13-7-8;1-3-10(4-5-10)8-6-11-9(13-2)12-7-8;1-3-14-7(13)4-6-5-11-9(15-2)12-8(6)10;1-3-14-7(12)4-6-5-10-9(15-2)11-8(6)13;1-3-13-8(12)4-7-5-10-9(14-2)11-6-7;1-13-8-10-4-7(5-11-8)9(6-12)2-3-9;1-3-13-8(11)5-7(6-10)9(12)14-4-2;1-3-11-7(9)5-6-8(10)12-4-2;1-2-5-3-4;3-1-2-4;1-5-2(3)4;1-2(3)4;1-5(2,3)4;;1-4(2)3;1-5(2,3)4;;;;;;;/h6-7H,3-5H2,1-2H3;6-7H,3-5H2,1-2H3;5H,3-4H2,1-2H3;5H,3-4H2,1-2H3,(H,10,11,13);5-6H,3-4H2,1-2H3;4-5,12H,2-3,6H2,1H3;6,10H,3-5H2,1-2H3;3-6H2,1-2H3;3H,2H2,1H3;1-2H2;1H3,(H3,3,4);1H3,(H,3,4);1H3;1H4;;;;;;1H2;;;/q;;;;;;;;;;;;;;;;3*+1;;;2*-1/p-1/b;;;;;;7-6-;;;;;;;;;;;;;;;;. The van der Waals surface area contributed by atoms with Crippen molar-refractivity contribution in [2.75, 3.05) is 127 Å². The molecule has 6 heterocycles. The van der Waals surface area contributed by atoms with Gasteiger partial charge < -0.3 is 77.0 Å². The van der Waals surface area contributed by atoms with Crippen LogP contribution in [0.3, 0.4) is 0 Å². The normalized spacial score (nSPS) is 11.5. The van der Waals surface area contributed by atoms with E-state index in [0.717, 1.165) is 81.7 Å². The first kappa shape index (κ1) is 172. The number of nitrogens with two attached hydrogens (primary N) is 1. The SMILES string of the molecule is BrCCBr.C.CC(=O)O.CCC1(c2cnc(SC)nc2)CC1.CCOC(=O)C/C(=C/O)C(=O)OCC.CCOC(=O)C1(c2cnc(SC)nc2)CC1.CCOC(=O)CCC(=O)OCC.CCOC(=O)Cc1cnc(SC)[nH]c1=O.CCOC(=O)Cc1cnc(SC)nc1.CCOC(=O)Cc1cnc(SC)nc1Cl.CCOC=O.CS(=O)(=O)Cl.CSC(=N)N.CSc1ncc(C2(CO)CC2)cn1.O=P(Cl)(Cl)Cl.[B]B([B])[B].[H-].[H-].[Na+].[Na+].[Na+].[OH-].[Zn]. The number of carboxylic acids is 1. The monoisotopic (exact) mass is 2580 g/mol. The van der Waals surface area contributed by atoms with Crippen molar-refractivity contribution in [3.63, 3.8) is 0 Å². The number of amidine groups is 1. The van der Waals surface area contributed by atoms with E-state index in [4.69, 9.17) is 56.7 Å². The van der Waals surface area contributed by atoms with Crippen LogP contribution in [0.2, 0.25) is 5.15 Å². The summed E-state index contributed by atoms with van der Waals surface area (Å²) in [5.74, 6) is -3.94. The summed E-state index contributed by atoms with van der Waals surface area (Å²) in [6, 6.07) is 0. The Bertz CT molecular complexity index is 4840. The molecule has 150 heavy (non-hydrogen) atoms. The Hall–Kier alpha value is -3.17. The summed E-state index contributed by atoms with van der Waals surface area (Å²) in [7, 11) is 15.3. The quantitative estimate of drug-likeness (QED) is 0.00189. The summed E-state index contributed by atoms with van der Waals surface area (Å²) in [6.45, 7) is 22.7. The molecule has 824 valence electrons. The second-order valence-electron chi connectivity index (χ2n) is 26.8. The van der Waals surface area contributed by atoms with Crippen molar-refractivity contribution in [2.24, 2.45) is 5.73 Å². The van der Waals surface area contributed by atoms with Crippen molar-refractivity contribution in [2.45, 2.75) is 214 Å². The summed E-state index contributed by atoms with van der Waals surface area (Å²) < 4.78 is 70.3. The predicted molar refractivity (Wildman–Crippen MR) is 593 cm³/mol. The van der Waals surface area contributed by atoms with Crippen LogP contribution >= 0.6 is 175 Å². The second kappa shape index (κ2) is 106. The topological polar surface area (TPSA) is 620 Å². The molecule has 0 unspecified atom stereocenters. The van der Waals surface area contributed by atoms with E-state index >= 15 is 0 Å². The summed E-state index contributed by atoms with van der Waals surface area (Å²) in [6.07, 6.45) is 39.3. The van der Waals surface area contributed by atoms with Gasteiger partial charge in [0.1, 0.15) is 5.15 Å². The average molecular weight is 2590 g/mol. The van der Waals surface area contributed by atoms with E-state index in [1.54, 1.807) is 104 Å². The Labute approximate surface area is 1040 Å². The summed E-state index contributed by atoms with van der Waals surface area (Å²) in [5.41, 5.74) is 9.41. The van der Waals surface area contributed by atoms with Crippen LogP contribution in [0.4, 0.5) is 0 Å². The summed E-state index contributed by atoms with van der Waals surface area (Å²) >= 11 is 36.2. The Morgan fingerprint density at radius 3 is 1.12 bits per heavy atom. The number of carboxylic acid groups (broad SMARTS) is 1. The van der Waals surface area contributed by atoms with Crippen LogP contribution in [0, 0.1) is 5.41 Å². The number of nitrogens with zero attached hydrogens (tertiary/aromatic N) is 11. The van der Waals surface area contributed by atoms with Crippen LogP contribution in [0.15, 0.2) is 110 Å². The van der Waals surface area contributed by atoms with Gasteiger partial charge in [0.05, 0.1) is 128 Å². The number of nitrogens with one attached hydrogen (secondary N) is 2. The van der Waals surface area contributed by atoms with E-state index in [-0.39, 0.29) is 234 Å². The number of esters is 8. The number of aliphatic hydroxyl groups is 2. The van der Waals surface area contributed by atoms with Crippen LogP contribution in [0.1, 0.15) is 184 Å². The fraction of sp³-hybridized carbons (Fsp3) is 0.565. The van der Waals surface area contributed by atoms with E-state index in [1.807, 2.05) is 69.2 Å². The Kier molecular flexibility index (Phi) is 121. The van der Waals surface area contributed by atoms with Gasteiger partial charge in [0.25, 0.3) is 18.0 Å². The predicted octanol–water partition coefficient (Wildman–Crippen LogP) is 6.81. The number of aromatic nitrogens is 12. The second-order valence-corrected chi connectivity index (χ2v) is 44.0. The number of thioether (sulfide) groups is 7. The van der Waals surface area contributed by atoms with E-state index in [2.05, 4.69) is 190 Å². The van der Waals surface area contributed by atoms with E-state index in [1.165, 1.54) is 102 Å². The van der Waals surface area contributed by atoms with Gasteiger partial charge in [-0.3, -0.25) is 57.9 Å². The number of hydrogen-bond acceptors (Lipinski definition) is 45. The van der Waals surface area contributed by atoms with Crippen LogP contribution in [0.25, 0.3) is 0 Å². The number of ether oxygens (including phenoxy) is 9. The largest absolute Gasteiger partial charge is 1.00 e. The molecule has 41 nitrogen and oxygen atoms in total.